The molecular formula is C22H27NO4. The van der Waals surface area contributed by atoms with Gasteiger partial charge in [-0.1, -0.05) is 19.1 Å². The molecule has 1 unspecified atom stereocenters. The predicted octanol–water partition coefficient (Wildman–Crippen LogP) is 4.01. The molecule has 1 aromatic rings. The number of hydrogen-bond acceptors (Lipinski definition) is 5. The van der Waals surface area contributed by atoms with E-state index in [4.69, 9.17) is 9.47 Å². The summed E-state index contributed by atoms with van der Waals surface area (Å²) in [6.45, 7) is 6.68. The van der Waals surface area contributed by atoms with Crippen LogP contribution in [0.25, 0.3) is 0 Å². The number of rotatable bonds is 6. The Hall–Kier alpha value is -2.56. The zero-order chi connectivity index (χ0) is 19.4. The highest BCUT2D eigenvalue weighted by molar-refractivity contribution is 6.03. The van der Waals surface area contributed by atoms with Gasteiger partial charge in [-0.15, -0.1) is 0 Å². The molecule has 1 aliphatic heterocycles. The highest BCUT2D eigenvalue weighted by atomic mass is 16.5. The highest BCUT2D eigenvalue weighted by Gasteiger charge is 2.38. The van der Waals surface area contributed by atoms with Crippen molar-refractivity contribution in [2.45, 2.75) is 52.4 Å². The zero-order valence-electron chi connectivity index (χ0n) is 16.3. The second-order valence-corrected chi connectivity index (χ2v) is 6.90. The van der Waals surface area contributed by atoms with E-state index < -0.39 is 5.92 Å². The monoisotopic (exact) mass is 369 g/mol. The number of carbonyl (C=O) groups is 2. The van der Waals surface area contributed by atoms with Crippen molar-refractivity contribution < 1.29 is 19.1 Å². The van der Waals surface area contributed by atoms with Crippen molar-refractivity contribution in [2.24, 2.45) is 0 Å². The lowest BCUT2D eigenvalue weighted by atomic mass is 9.75. The molecule has 0 aromatic heterocycles. The standard InChI is InChI=1S/C22H27NO4/c1-4-13-27-16-11-9-15(10-12-16)20-19(22(25)26-5-2)14(3)23-17-7-6-8-18(24)21(17)20/h9-12,20,23H,4-8,13H2,1-3H3. The summed E-state index contributed by atoms with van der Waals surface area (Å²) in [6.07, 6.45) is 3.12. The van der Waals surface area contributed by atoms with E-state index in [9.17, 15) is 9.59 Å². The Balaban J connectivity index is 2.04. The SMILES string of the molecule is CCCOc1ccc(C2C(C(=O)OCC)=C(C)NC3=C2C(=O)CCC3)cc1. The van der Waals surface area contributed by atoms with Crippen molar-refractivity contribution in [3.63, 3.8) is 0 Å². The fourth-order valence-electron chi connectivity index (χ4n) is 3.77. The largest absolute Gasteiger partial charge is 0.494 e. The molecule has 0 amide bonds. The summed E-state index contributed by atoms with van der Waals surface area (Å²) in [4.78, 5) is 25.5. The molecule has 1 atom stereocenters. The first-order valence-electron chi connectivity index (χ1n) is 9.70. The molecule has 0 bridgehead atoms. The van der Waals surface area contributed by atoms with Gasteiger partial charge in [-0.2, -0.15) is 0 Å². The molecule has 144 valence electrons. The van der Waals surface area contributed by atoms with Gasteiger partial charge < -0.3 is 14.8 Å². The fraction of sp³-hybridized carbons (Fsp3) is 0.455. The van der Waals surface area contributed by atoms with E-state index in [1.165, 1.54) is 0 Å². The quantitative estimate of drug-likeness (QED) is 0.768. The van der Waals surface area contributed by atoms with Gasteiger partial charge in [0, 0.05) is 29.3 Å². The van der Waals surface area contributed by atoms with Crippen LogP contribution >= 0.6 is 0 Å². The molecule has 0 fully saturated rings. The third-order valence-corrected chi connectivity index (χ3v) is 4.96. The molecule has 0 saturated carbocycles. The number of dihydropyridines is 1. The van der Waals surface area contributed by atoms with Crippen LogP contribution in [0.5, 0.6) is 5.75 Å². The normalized spacial score (nSPS) is 19.5. The molecule has 0 radical (unpaired) electrons. The number of Topliss-reactive ketones (excluding diaryl/α,β-unsaturated/α-hetero) is 1. The number of allylic oxidation sites excluding steroid dienone is 3. The average Bonchev–Trinajstić information content (AvgIpc) is 2.66. The van der Waals surface area contributed by atoms with Crippen molar-refractivity contribution in [1.82, 2.24) is 5.32 Å². The molecule has 3 rings (SSSR count). The Morgan fingerprint density at radius 1 is 1.19 bits per heavy atom. The number of ether oxygens (including phenoxy) is 2. The van der Waals surface area contributed by atoms with Gasteiger partial charge in [0.1, 0.15) is 5.75 Å². The molecule has 1 aromatic carbocycles. The van der Waals surface area contributed by atoms with E-state index in [0.717, 1.165) is 42.0 Å². The van der Waals surface area contributed by atoms with E-state index in [1.807, 2.05) is 31.2 Å². The van der Waals surface area contributed by atoms with Gasteiger partial charge in [0.05, 0.1) is 18.8 Å². The Morgan fingerprint density at radius 2 is 1.93 bits per heavy atom. The van der Waals surface area contributed by atoms with Crippen LogP contribution in [0.2, 0.25) is 0 Å². The Kier molecular flexibility index (Phi) is 5.99. The van der Waals surface area contributed by atoms with Crippen LogP contribution in [0.3, 0.4) is 0 Å². The minimum absolute atomic E-state index is 0.106. The Morgan fingerprint density at radius 3 is 2.59 bits per heavy atom. The molecule has 27 heavy (non-hydrogen) atoms. The van der Waals surface area contributed by atoms with Crippen LogP contribution in [-0.2, 0) is 14.3 Å². The molecule has 2 aliphatic rings. The first-order valence-corrected chi connectivity index (χ1v) is 9.70. The maximum absolute atomic E-state index is 12.8. The summed E-state index contributed by atoms with van der Waals surface area (Å²) in [7, 11) is 0. The van der Waals surface area contributed by atoms with Gasteiger partial charge >= 0.3 is 5.97 Å². The molecular weight excluding hydrogens is 342 g/mol. The molecule has 1 aliphatic carbocycles. The van der Waals surface area contributed by atoms with E-state index in [2.05, 4.69) is 12.2 Å². The third kappa shape index (κ3) is 3.92. The number of benzene rings is 1. The number of ketones is 1. The summed E-state index contributed by atoms with van der Waals surface area (Å²) in [5.74, 6) is 0.128. The lowest BCUT2D eigenvalue weighted by Crippen LogP contribution is -2.34. The first-order chi connectivity index (χ1) is 13.1. The summed E-state index contributed by atoms with van der Waals surface area (Å²) in [5, 5.41) is 3.29. The van der Waals surface area contributed by atoms with Gasteiger partial charge in [-0.05, 0) is 50.8 Å². The fourth-order valence-corrected chi connectivity index (χ4v) is 3.77. The van der Waals surface area contributed by atoms with E-state index in [1.54, 1.807) is 6.92 Å². The van der Waals surface area contributed by atoms with Gasteiger partial charge in [0.15, 0.2) is 5.78 Å². The average molecular weight is 369 g/mol. The second kappa shape index (κ2) is 8.42. The predicted molar refractivity (Wildman–Crippen MR) is 103 cm³/mol. The lowest BCUT2D eigenvalue weighted by Gasteiger charge is -2.34. The van der Waals surface area contributed by atoms with Crippen LogP contribution in [0.1, 0.15) is 57.9 Å². The van der Waals surface area contributed by atoms with Crippen LogP contribution in [-0.4, -0.2) is 25.0 Å². The summed E-state index contributed by atoms with van der Waals surface area (Å²) in [6, 6.07) is 7.69. The van der Waals surface area contributed by atoms with Crippen molar-refractivity contribution >= 4 is 11.8 Å². The maximum atomic E-state index is 12.8. The lowest BCUT2D eigenvalue weighted by molar-refractivity contribution is -0.138. The minimum Gasteiger partial charge on any atom is -0.494 e. The zero-order valence-corrected chi connectivity index (χ0v) is 16.3. The van der Waals surface area contributed by atoms with Crippen molar-refractivity contribution in [3.05, 3.63) is 52.4 Å². The number of carbonyl (C=O) groups excluding carboxylic acids is 2. The molecule has 5 heteroatoms. The first kappa shape index (κ1) is 19.2. The molecule has 1 heterocycles. The van der Waals surface area contributed by atoms with Gasteiger partial charge in [0.25, 0.3) is 0 Å². The van der Waals surface area contributed by atoms with Crippen molar-refractivity contribution in [1.29, 1.82) is 0 Å². The van der Waals surface area contributed by atoms with Gasteiger partial charge in [-0.3, -0.25) is 4.79 Å². The van der Waals surface area contributed by atoms with Gasteiger partial charge in [-0.25, -0.2) is 4.79 Å². The van der Waals surface area contributed by atoms with Crippen molar-refractivity contribution in [2.75, 3.05) is 13.2 Å². The third-order valence-electron chi connectivity index (χ3n) is 4.96. The number of hydrogen-bond donors (Lipinski definition) is 1. The maximum Gasteiger partial charge on any atom is 0.336 e. The van der Waals surface area contributed by atoms with E-state index in [-0.39, 0.29) is 11.8 Å². The van der Waals surface area contributed by atoms with E-state index >= 15 is 0 Å². The van der Waals surface area contributed by atoms with Crippen LogP contribution in [0.4, 0.5) is 0 Å². The number of esters is 1. The minimum atomic E-state index is -0.395. The summed E-state index contributed by atoms with van der Waals surface area (Å²) in [5.41, 5.74) is 3.84. The smallest absolute Gasteiger partial charge is 0.336 e. The second-order valence-electron chi connectivity index (χ2n) is 6.90. The van der Waals surface area contributed by atoms with Gasteiger partial charge in [0.2, 0.25) is 0 Å². The molecule has 1 N–H and O–H groups in total. The van der Waals surface area contributed by atoms with Crippen LogP contribution < -0.4 is 10.1 Å². The molecule has 0 spiro atoms. The van der Waals surface area contributed by atoms with Crippen LogP contribution in [0, 0.1) is 0 Å². The van der Waals surface area contributed by atoms with Crippen LogP contribution in [0.15, 0.2) is 46.8 Å². The molecule has 5 nitrogen and oxygen atoms in total. The van der Waals surface area contributed by atoms with Crippen molar-refractivity contribution in [3.8, 4) is 5.75 Å². The topological polar surface area (TPSA) is 64.6 Å². The summed E-state index contributed by atoms with van der Waals surface area (Å²) < 4.78 is 11.0. The number of nitrogens with one attached hydrogen (secondary N) is 1. The Labute approximate surface area is 160 Å². The molecule has 0 saturated heterocycles. The Bertz CT molecular complexity index is 789. The van der Waals surface area contributed by atoms with E-state index in [0.29, 0.717) is 30.8 Å². The highest BCUT2D eigenvalue weighted by Crippen LogP contribution is 2.42. The summed E-state index contributed by atoms with van der Waals surface area (Å²) >= 11 is 0.